The van der Waals surface area contributed by atoms with E-state index in [9.17, 15) is 4.79 Å². The number of nitrogens with one attached hydrogen (secondary N) is 2. The average Bonchev–Trinajstić information content (AvgIpc) is 2.27. The highest BCUT2D eigenvalue weighted by Crippen LogP contribution is 2.22. The van der Waals surface area contributed by atoms with Crippen molar-refractivity contribution >= 4 is 11.6 Å². The number of anilines is 1. The van der Waals surface area contributed by atoms with Crippen LogP contribution in [0.2, 0.25) is 0 Å². The monoisotopic (exact) mass is 234 g/mol. The summed E-state index contributed by atoms with van der Waals surface area (Å²) in [5.74, 6) is 0.458. The van der Waals surface area contributed by atoms with Gasteiger partial charge in [-0.25, -0.2) is 0 Å². The van der Waals surface area contributed by atoms with Gasteiger partial charge in [0.2, 0.25) is 5.91 Å². The van der Waals surface area contributed by atoms with Crippen molar-refractivity contribution in [2.24, 2.45) is 5.92 Å². The van der Waals surface area contributed by atoms with Gasteiger partial charge >= 0.3 is 0 Å². The SMILES string of the molecule is CNC(C)c1ccccc1NC(=O)CC(C)C. The van der Waals surface area contributed by atoms with Crippen LogP contribution in [0.3, 0.4) is 0 Å². The molecule has 17 heavy (non-hydrogen) atoms. The third-order valence-corrected chi connectivity index (χ3v) is 2.73. The Balaban J connectivity index is 2.80. The number of rotatable bonds is 5. The first kappa shape index (κ1) is 13.7. The molecule has 2 N–H and O–H groups in total. The fraction of sp³-hybridized carbons (Fsp3) is 0.500. The van der Waals surface area contributed by atoms with E-state index in [1.165, 1.54) is 0 Å². The van der Waals surface area contributed by atoms with Gasteiger partial charge in [0, 0.05) is 18.2 Å². The molecule has 94 valence electrons. The Bertz CT molecular complexity index is 374. The van der Waals surface area contributed by atoms with Crippen LogP contribution in [0, 0.1) is 5.92 Å². The van der Waals surface area contributed by atoms with Crippen LogP contribution in [0.4, 0.5) is 5.69 Å². The number of para-hydroxylation sites is 1. The summed E-state index contributed by atoms with van der Waals surface area (Å²) in [4.78, 5) is 11.8. The summed E-state index contributed by atoms with van der Waals surface area (Å²) < 4.78 is 0. The van der Waals surface area contributed by atoms with E-state index in [1.807, 2.05) is 45.2 Å². The molecule has 0 saturated heterocycles. The Morgan fingerprint density at radius 1 is 1.24 bits per heavy atom. The lowest BCUT2D eigenvalue weighted by molar-refractivity contribution is -0.116. The quantitative estimate of drug-likeness (QED) is 0.822. The molecule has 0 aromatic heterocycles. The molecule has 3 heteroatoms. The molecule has 0 heterocycles. The van der Waals surface area contributed by atoms with Gasteiger partial charge in [0.25, 0.3) is 0 Å². The van der Waals surface area contributed by atoms with Crippen LogP contribution in [0.15, 0.2) is 24.3 Å². The summed E-state index contributed by atoms with van der Waals surface area (Å²) in [6.07, 6.45) is 0.558. The zero-order valence-corrected chi connectivity index (χ0v) is 11.1. The van der Waals surface area contributed by atoms with Gasteiger partial charge in [0.1, 0.15) is 0 Å². The minimum atomic E-state index is 0.0794. The van der Waals surface area contributed by atoms with Crippen molar-refractivity contribution < 1.29 is 4.79 Å². The van der Waals surface area contributed by atoms with Crippen molar-refractivity contribution in [3.8, 4) is 0 Å². The topological polar surface area (TPSA) is 41.1 Å². The first-order valence-electron chi connectivity index (χ1n) is 6.10. The van der Waals surface area contributed by atoms with Crippen molar-refractivity contribution in [1.82, 2.24) is 5.32 Å². The summed E-state index contributed by atoms with van der Waals surface area (Å²) in [7, 11) is 1.91. The summed E-state index contributed by atoms with van der Waals surface area (Å²) in [6, 6.07) is 8.14. The van der Waals surface area contributed by atoms with Crippen molar-refractivity contribution in [3.63, 3.8) is 0 Å². The van der Waals surface area contributed by atoms with E-state index in [0.717, 1.165) is 11.3 Å². The van der Waals surface area contributed by atoms with Gasteiger partial charge in [-0.05, 0) is 31.5 Å². The molecule has 0 aliphatic rings. The Morgan fingerprint density at radius 2 is 1.88 bits per heavy atom. The Morgan fingerprint density at radius 3 is 2.47 bits per heavy atom. The second-order valence-electron chi connectivity index (χ2n) is 4.74. The minimum Gasteiger partial charge on any atom is -0.326 e. The maximum atomic E-state index is 11.8. The fourth-order valence-electron chi connectivity index (χ4n) is 1.72. The van der Waals surface area contributed by atoms with Gasteiger partial charge < -0.3 is 10.6 Å². The van der Waals surface area contributed by atoms with E-state index in [-0.39, 0.29) is 11.9 Å². The highest BCUT2D eigenvalue weighted by molar-refractivity contribution is 5.91. The summed E-state index contributed by atoms with van der Waals surface area (Å²) in [6.45, 7) is 6.16. The van der Waals surface area contributed by atoms with Crippen molar-refractivity contribution in [3.05, 3.63) is 29.8 Å². The standard InChI is InChI=1S/C14H22N2O/c1-10(2)9-14(17)16-13-8-6-5-7-12(13)11(3)15-4/h5-8,10-11,15H,9H2,1-4H3,(H,16,17). The number of hydrogen-bond donors (Lipinski definition) is 2. The van der Waals surface area contributed by atoms with E-state index in [4.69, 9.17) is 0 Å². The molecule has 0 fully saturated rings. The molecular weight excluding hydrogens is 212 g/mol. The third-order valence-electron chi connectivity index (χ3n) is 2.73. The van der Waals surface area contributed by atoms with Gasteiger partial charge in [0.15, 0.2) is 0 Å². The maximum Gasteiger partial charge on any atom is 0.224 e. The van der Waals surface area contributed by atoms with E-state index in [1.54, 1.807) is 0 Å². The third kappa shape index (κ3) is 4.19. The smallest absolute Gasteiger partial charge is 0.224 e. The molecule has 1 unspecified atom stereocenters. The molecule has 1 amide bonds. The summed E-state index contributed by atoms with van der Waals surface area (Å²) in [5, 5.41) is 6.16. The molecule has 0 spiro atoms. The van der Waals surface area contributed by atoms with Gasteiger partial charge in [-0.1, -0.05) is 32.0 Å². The number of amides is 1. The average molecular weight is 234 g/mol. The molecule has 0 saturated carbocycles. The molecule has 0 aliphatic heterocycles. The normalized spacial score (nSPS) is 12.5. The fourth-order valence-corrected chi connectivity index (χ4v) is 1.72. The zero-order chi connectivity index (χ0) is 12.8. The highest BCUT2D eigenvalue weighted by Gasteiger charge is 2.11. The second kappa shape index (κ2) is 6.40. The van der Waals surface area contributed by atoms with Gasteiger partial charge in [-0.3, -0.25) is 4.79 Å². The van der Waals surface area contributed by atoms with Gasteiger partial charge in [0.05, 0.1) is 0 Å². The van der Waals surface area contributed by atoms with Crippen molar-refractivity contribution in [1.29, 1.82) is 0 Å². The summed E-state index contributed by atoms with van der Waals surface area (Å²) >= 11 is 0. The van der Waals surface area contributed by atoms with E-state index >= 15 is 0 Å². The Hall–Kier alpha value is -1.35. The first-order valence-corrected chi connectivity index (χ1v) is 6.10. The van der Waals surface area contributed by atoms with E-state index in [2.05, 4.69) is 17.6 Å². The minimum absolute atomic E-state index is 0.0794. The molecule has 1 aromatic rings. The summed E-state index contributed by atoms with van der Waals surface area (Å²) in [5.41, 5.74) is 2.02. The van der Waals surface area contributed by atoms with E-state index in [0.29, 0.717) is 12.3 Å². The van der Waals surface area contributed by atoms with E-state index < -0.39 is 0 Å². The van der Waals surface area contributed by atoms with Crippen molar-refractivity contribution in [2.75, 3.05) is 12.4 Å². The van der Waals surface area contributed by atoms with Crippen LogP contribution in [-0.4, -0.2) is 13.0 Å². The number of benzene rings is 1. The molecule has 0 bridgehead atoms. The Labute approximate surface area is 104 Å². The van der Waals surface area contributed by atoms with Crippen molar-refractivity contribution in [2.45, 2.75) is 33.2 Å². The maximum absolute atomic E-state index is 11.8. The highest BCUT2D eigenvalue weighted by atomic mass is 16.1. The molecule has 3 nitrogen and oxygen atoms in total. The van der Waals surface area contributed by atoms with Crippen LogP contribution >= 0.6 is 0 Å². The number of carbonyl (C=O) groups excluding carboxylic acids is 1. The van der Waals surface area contributed by atoms with Crippen LogP contribution < -0.4 is 10.6 Å². The van der Waals surface area contributed by atoms with Crippen LogP contribution in [-0.2, 0) is 4.79 Å². The van der Waals surface area contributed by atoms with Crippen LogP contribution in [0.25, 0.3) is 0 Å². The predicted molar refractivity (Wildman–Crippen MR) is 72.0 cm³/mol. The van der Waals surface area contributed by atoms with Gasteiger partial charge in [-0.15, -0.1) is 0 Å². The molecule has 0 radical (unpaired) electrons. The predicted octanol–water partition coefficient (Wildman–Crippen LogP) is 2.95. The van der Waals surface area contributed by atoms with Crippen LogP contribution in [0.5, 0.6) is 0 Å². The molecule has 1 atom stereocenters. The first-order chi connectivity index (χ1) is 8.04. The lowest BCUT2D eigenvalue weighted by atomic mass is 10.1. The lowest BCUT2D eigenvalue weighted by Gasteiger charge is -2.16. The largest absolute Gasteiger partial charge is 0.326 e. The molecule has 0 aliphatic carbocycles. The Kier molecular flexibility index (Phi) is 5.16. The molecule has 1 rings (SSSR count). The molecule has 1 aromatic carbocycles. The van der Waals surface area contributed by atoms with Crippen LogP contribution in [0.1, 0.15) is 38.8 Å². The lowest BCUT2D eigenvalue weighted by Crippen LogP contribution is -2.18. The number of hydrogen-bond acceptors (Lipinski definition) is 2. The molecular formula is C14H22N2O. The van der Waals surface area contributed by atoms with Gasteiger partial charge in [-0.2, -0.15) is 0 Å². The second-order valence-corrected chi connectivity index (χ2v) is 4.74. The number of carbonyl (C=O) groups is 1. The zero-order valence-electron chi connectivity index (χ0n) is 11.1.